The zero-order valence-electron chi connectivity index (χ0n) is 12.3. The second-order valence-electron chi connectivity index (χ2n) is 5.18. The van der Waals surface area contributed by atoms with E-state index in [0.29, 0.717) is 31.0 Å². The third-order valence-corrected chi connectivity index (χ3v) is 5.42. The maximum Gasteiger partial charge on any atom is 0.235 e. The van der Waals surface area contributed by atoms with Crippen LogP contribution < -0.4 is 9.62 Å². The van der Waals surface area contributed by atoms with Gasteiger partial charge in [-0.1, -0.05) is 12.1 Å². The molecule has 0 atom stereocenters. The van der Waals surface area contributed by atoms with E-state index in [1.807, 2.05) is 24.3 Å². The average molecular weight is 329 g/mol. The molecule has 118 valence electrons. The van der Waals surface area contributed by atoms with Crippen molar-refractivity contribution in [2.75, 3.05) is 21.9 Å². The van der Waals surface area contributed by atoms with E-state index < -0.39 is 10.0 Å². The van der Waals surface area contributed by atoms with E-state index in [1.54, 1.807) is 18.2 Å². The van der Waals surface area contributed by atoms with Crippen LogP contribution >= 0.6 is 0 Å². The van der Waals surface area contributed by atoms with Crippen molar-refractivity contribution in [3.8, 4) is 6.07 Å². The molecule has 1 fully saturated rings. The molecule has 23 heavy (non-hydrogen) atoms. The van der Waals surface area contributed by atoms with Crippen molar-refractivity contribution in [1.29, 1.82) is 5.26 Å². The number of sulfonamides is 1. The first-order valence-electron chi connectivity index (χ1n) is 7.15. The lowest BCUT2D eigenvalue weighted by Gasteiger charge is -2.17. The van der Waals surface area contributed by atoms with Gasteiger partial charge in [0.25, 0.3) is 0 Å². The van der Waals surface area contributed by atoms with Crippen LogP contribution in [0, 0.1) is 11.3 Å². The normalized spacial score (nSPS) is 16.0. The number of aromatic nitrogens is 2. The summed E-state index contributed by atoms with van der Waals surface area (Å²) in [6, 6.07) is 12.6. The highest BCUT2D eigenvalue weighted by molar-refractivity contribution is 7.93. The minimum absolute atomic E-state index is 0.205. The van der Waals surface area contributed by atoms with E-state index in [4.69, 9.17) is 5.26 Å². The van der Waals surface area contributed by atoms with Crippen LogP contribution in [0.15, 0.2) is 36.4 Å². The minimum atomic E-state index is -3.17. The lowest BCUT2D eigenvalue weighted by atomic mass is 10.2. The Kier molecular flexibility index (Phi) is 4.12. The predicted molar refractivity (Wildman–Crippen MR) is 86.3 cm³/mol. The summed E-state index contributed by atoms with van der Waals surface area (Å²) in [4.78, 5) is 0. The number of hydrogen-bond donors (Lipinski definition) is 1. The number of rotatable bonds is 4. The maximum absolute atomic E-state index is 12.0. The van der Waals surface area contributed by atoms with Crippen LogP contribution in [-0.2, 0) is 16.6 Å². The molecule has 2 heterocycles. The van der Waals surface area contributed by atoms with Gasteiger partial charge in [-0.05, 0) is 36.2 Å². The molecule has 0 bridgehead atoms. The van der Waals surface area contributed by atoms with Gasteiger partial charge in [0.15, 0.2) is 5.69 Å². The second-order valence-corrected chi connectivity index (χ2v) is 7.19. The number of anilines is 2. The number of nitrogens with zero attached hydrogens (tertiary/aromatic N) is 4. The Bertz CT molecular complexity index is 843. The maximum atomic E-state index is 12.0. The quantitative estimate of drug-likeness (QED) is 0.912. The highest BCUT2D eigenvalue weighted by atomic mass is 32.2. The molecule has 1 saturated heterocycles. The highest BCUT2D eigenvalue weighted by Crippen LogP contribution is 2.24. The second kappa shape index (κ2) is 6.22. The van der Waals surface area contributed by atoms with Gasteiger partial charge in [-0.3, -0.25) is 4.31 Å². The smallest absolute Gasteiger partial charge is 0.235 e. The third kappa shape index (κ3) is 3.40. The zero-order valence-corrected chi connectivity index (χ0v) is 13.1. The van der Waals surface area contributed by atoms with Crippen molar-refractivity contribution in [1.82, 2.24) is 10.2 Å². The zero-order chi connectivity index (χ0) is 16.3. The molecule has 0 unspecified atom stereocenters. The SMILES string of the molecule is N#Cc1ccc(NCc2cccc(N3CCCS3(=O)=O)c2)nn1. The topological polar surface area (TPSA) is 99.0 Å². The largest absolute Gasteiger partial charge is 0.365 e. The molecule has 2 aromatic rings. The van der Waals surface area contributed by atoms with Gasteiger partial charge in [-0.2, -0.15) is 5.26 Å². The van der Waals surface area contributed by atoms with Gasteiger partial charge in [-0.25, -0.2) is 8.42 Å². The fourth-order valence-electron chi connectivity index (χ4n) is 2.43. The molecular formula is C15H15N5O2S. The highest BCUT2D eigenvalue weighted by Gasteiger charge is 2.28. The lowest BCUT2D eigenvalue weighted by Crippen LogP contribution is -2.25. The fraction of sp³-hybridized carbons (Fsp3) is 0.267. The number of benzene rings is 1. The summed E-state index contributed by atoms with van der Waals surface area (Å²) in [5, 5.41) is 19.4. The standard InChI is InChI=1S/C15H15N5O2S/c16-10-13-5-6-15(19-18-13)17-11-12-3-1-4-14(9-12)20-7-2-8-23(20,21)22/h1,3-6,9H,2,7-8,11H2,(H,17,19). The third-order valence-electron chi connectivity index (χ3n) is 3.55. The first-order chi connectivity index (χ1) is 11.1. The van der Waals surface area contributed by atoms with Crippen LogP contribution in [0.5, 0.6) is 0 Å². The van der Waals surface area contributed by atoms with Crippen LogP contribution in [-0.4, -0.2) is 30.9 Å². The number of nitrogens with one attached hydrogen (secondary N) is 1. The van der Waals surface area contributed by atoms with Gasteiger partial charge in [0.2, 0.25) is 10.0 Å². The Balaban J connectivity index is 1.71. The summed E-state index contributed by atoms with van der Waals surface area (Å²) in [7, 11) is -3.17. The van der Waals surface area contributed by atoms with Gasteiger partial charge in [0.1, 0.15) is 11.9 Å². The molecule has 1 N–H and O–H groups in total. The van der Waals surface area contributed by atoms with Crippen LogP contribution in [0.3, 0.4) is 0 Å². The Morgan fingerprint density at radius 3 is 2.78 bits per heavy atom. The van der Waals surface area contributed by atoms with E-state index >= 15 is 0 Å². The Morgan fingerprint density at radius 1 is 1.26 bits per heavy atom. The molecule has 0 saturated carbocycles. The van der Waals surface area contributed by atoms with Crippen molar-refractivity contribution in [2.24, 2.45) is 0 Å². The molecular weight excluding hydrogens is 314 g/mol. The number of hydrogen-bond acceptors (Lipinski definition) is 6. The summed E-state index contributed by atoms with van der Waals surface area (Å²) in [5.41, 5.74) is 1.89. The summed E-state index contributed by atoms with van der Waals surface area (Å²) in [5.74, 6) is 0.763. The first kappa shape index (κ1) is 15.2. The van der Waals surface area contributed by atoms with Crippen molar-refractivity contribution < 1.29 is 8.42 Å². The van der Waals surface area contributed by atoms with Crippen molar-refractivity contribution in [3.05, 3.63) is 47.7 Å². The van der Waals surface area contributed by atoms with Crippen molar-refractivity contribution >= 4 is 21.5 Å². The summed E-state index contributed by atoms with van der Waals surface area (Å²) in [6.07, 6.45) is 0.658. The number of nitriles is 1. The van der Waals surface area contributed by atoms with Gasteiger partial charge in [-0.15, -0.1) is 10.2 Å². The molecule has 0 radical (unpaired) electrons. The summed E-state index contributed by atoms with van der Waals surface area (Å²) in [6.45, 7) is 1.02. The predicted octanol–water partition coefficient (Wildman–Crippen LogP) is 1.50. The van der Waals surface area contributed by atoms with Crippen LogP contribution in [0.4, 0.5) is 11.5 Å². The minimum Gasteiger partial charge on any atom is -0.365 e. The van der Waals surface area contributed by atoms with Gasteiger partial charge >= 0.3 is 0 Å². The molecule has 8 heteroatoms. The van der Waals surface area contributed by atoms with Gasteiger partial charge in [0, 0.05) is 13.1 Å². The van der Waals surface area contributed by atoms with E-state index in [0.717, 1.165) is 5.56 Å². The van der Waals surface area contributed by atoms with Crippen LogP contribution in [0.25, 0.3) is 0 Å². The summed E-state index contributed by atoms with van der Waals surface area (Å²) >= 11 is 0. The molecule has 1 aromatic carbocycles. The van der Waals surface area contributed by atoms with E-state index in [-0.39, 0.29) is 11.4 Å². The average Bonchev–Trinajstić information content (AvgIpc) is 2.93. The Morgan fingerprint density at radius 2 is 2.13 bits per heavy atom. The lowest BCUT2D eigenvalue weighted by molar-refractivity contribution is 0.599. The first-order valence-corrected chi connectivity index (χ1v) is 8.76. The van der Waals surface area contributed by atoms with E-state index in [2.05, 4.69) is 15.5 Å². The summed E-state index contributed by atoms with van der Waals surface area (Å²) < 4.78 is 25.4. The molecule has 1 aromatic heterocycles. The molecule has 1 aliphatic heterocycles. The van der Waals surface area contributed by atoms with Crippen LogP contribution in [0.1, 0.15) is 17.7 Å². The van der Waals surface area contributed by atoms with Crippen molar-refractivity contribution in [3.63, 3.8) is 0 Å². The molecule has 0 spiro atoms. The molecule has 0 amide bonds. The molecule has 3 rings (SSSR count). The van der Waals surface area contributed by atoms with E-state index in [1.165, 1.54) is 4.31 Å². The fourth-order valence-corrected chi connectivity index (χ4v) is 3.99. The van der Waals surface area contributed by atoms with E-state index in [9.17, 15) is 8.42 Å². The Labute approximate surface area is 134 Å². The Hall–Kier alpha value is -2.66. The molecule has 1 aliphatic rings. The monoisotopic (exact) mass is 329 g/mol. The molecule has 7 nitrogen and oxygen atoms in total. The van der Waals surface area contributed by atoms with Crippen LogP contribution in [0.2, 0.25) is 0 Å². The van der Waals surface area contributed by atoms with Gasteiger partial charge < -0.3 is 5.32 Å². The molecule has 0 aliphatic carbocycles. The van der Waals surface area contributed by atoms with Gasteiger partial charge in [0.05, 0.1) is 11.4 Å². The van der Waals surface area contributed by atoms with Crippen molar-refractivity contribution in [2.45, 2.75) is 13.0 Å².